The summed E-state index contributed by atoms with van der Waals surface area (Å²) >= 11 is 5.69. The summed E-state index contributed by atoms with van der Waals surface area (Å²) in [5, 5.41) is 18.3. The first kappa shape index (κ1) is 12.0. The molecule has 2 atom stereocenters. The van der Waals surface area contributed by atoms with Gasteiger partial charge in [0.15, 0.2) is 6.10 Å². The summed E-state index contributed by atoms with van der Waals surface area (Å²) in [7, 11) is 0. The second kappa shape index (κ2) is 5.11. The van der Waals surface area contributed by atoms with Crippen molar-refractivity contribution in [3.63, 3.8) is 0 Å². The van der Waals surface area contributed by atoms with Gasteiger partial charge in [0.2, 0.25) is 0 Å². The molecule has 1 aromatic rings. The van der Waals surface area contributed by atoms with Gasteiger partial charge in [-0.15, -0.1) is 0 Å². The molecule has 0 spiro atoms. The average molecular weight is 230 g/mol. The number of hydrogen-bond acceptors (Lipinski definition) is 3. The van der Waals surface area contributed by atoms with E-state index in [9.17, 15) is 4.79 Å². The van der Waals surface area contributed by atoms with Crippen molar-refractivity contribution in [1.82, 2.24) is 0 Å². The number of aliphatic carboxylic acids is 1. The molecule has 4 nitrogen and oxygen atoms in total. The summed E-state index contributed by atoms with van der Waals surface area (Å²) < 4.78 is 0. The fraction of sp³-hybridized carbons (Fsp3) is 0.300. The molecule has 0 amide bonds. The van der Waals surface area contributed by atoms with Crippen LogP contribution in [0.15, 0.2) is 24.3 Å². The van der Waals surface area contributed by atoms with Gasteiger partial charge in [0.05, 0.1) is 0 Å². The summed E-state index contributed by atoms with van der Waals surface area (Å²) in [6, 6.07) is 6.06. The molecule has 1 unspecified atom stereocenters. The maximum absolute atomic E-state index is 10.4. The lowest BCUT2D eigenvalue weighted by molar-refractivity contribution is -0.147. The van der Waals surface area contributed by atoms with E-state index in [2.05, 4.69) is 0 Å². The Morgan fingerprint density at radius 3 is 2.40 bits per heavy atom. The Morgan fingerprint density at radius 1 is 1.40 bits per heavy atom. The molecule has 5 heteroatoms. The summed E-state index contributed by atoms with van der Waals surface area (Å²) in [5.74, 6) is -1.31. The van der Waals surface area contributed by atoms with E-state index in [0.717, 1.165) is 5.56 Å². The molecular formula is C10H12ClNO3. The van der Waals surface area contributed by atoms with Crippen molar-refractivity contribution >= 4 is 17.6 Å². The Hall–Kier alpha value is -1.10. The van der Waals surface area contributed by atoms with Crippen molar-refractivity contribution < 1.29 is 15.0 Å². The molecule has 0 aromatic heterocycles. The van der Waals surface area contributed by atoms with E-state index in [0.29, 0.717) is 11.4 Å². The van der Waals surface area contributed by atoms with Crippen LogP contribution in [0.5, 0.6) is 0 Å². The number of aliphatic hydroxyl groups is 1. The Bertz CT molecular complexity index is 339. The maximum atomic E-state index is 10.4. The quantitative estimate of drug-likeness (QED) is 0.708. The predicted octanol–water partition coefficient (Wildman–Crippen LogP) is 0.655. The SMILES string of the molecule is N[C@@H](Cc1ccc(Cl)cc1)C(O)C(=O)O. The van der Waals surface area contributed by atoms with E-state index in [1.54, 1.807) is 24.3 Å². The molecule has 0 heterocycles. The van der Waals surface area contributed by atoms with Crippen molar-refractivity contribution in [2.75, 3.05) is 0 Å². The lowest BCUT2D eigenvalue weighted by Crippen LogP contribution is -2.41. The fourth-order valence-electron chi connectivity index (χ4n) is 1.19. The van der Waals surface area contributed by atoms with Gasteiger partial charge in [0.25, 0.3) is 0 Å². The number of carboxylic acid groups (broad SMARTS) is 1. The number of carbonyl (C=O) groups is 1. The first-order chi connectivity index (χ1) is 7.00. The molecule has 0 saturated carbocycles. The number of aliphatic hydroxyl groups excluding tert-OH is 1. The van der Waals surface area contributed by atoms with Crippen LogP contribution in [0, 0.1) is 0 Å². The molecule has 1 aromatic carbocycles. The van der Waals surface area contributed by atoms with Gasteiger partial charge in [-0.3, -0.25) is 0 Å². The second-order valence-corrected chi connectivity index (χ2v) is 3.71. The zero-order chi connectivity index (χ0) is 11.4. The lowest BCUT2D eigenvalue weighted by atomic mass is 10.0. The van der Waals surface area contributed by atoms with Crippen LogP contribution in [-0.2, 0) is 11.2 Å². The first-order valence-electron chi connectivity index (χ1n) is 4.41. The number of rotatable bonds is 4. The molecule has 0 aliphatic rings. The van der Waals surface area contributed by atoms with Crippen molar-refractivity contribution in [2.24, 2.45) is 5.73 Å². The third-order valence-electron chi connectivity index (χ3n) is 2.04. The minimum absolute atomic E-state index is 0.296. The van der Waals surface area contributed by atoms with Crippen LogP contribution in [-0.4, -0.2) is 28.3 Å². The van der Waals surface area contributed by atoms with Gasteiger partial charge in [0.1, 0.15) is 0 Å². The number of nitrogens with two attached hydrogens (primary N) is 1. The highest BCUT2D eigenvalue weighted by Crippen LogP contribution is 2.11. The van der Waals surface area contributed by atoms with E-state index in [1.165, 1.54) is 0 Å². The third kappa shape index (κ3) is 3.51. The standard InChI is InChI=1S/C10H12ClNO3/c11-7-3-1-6(2-4-7)5-8(12)9(13)10(14)15/h1-4,8-9,13H,5,12H2,(H,14,15)/t8-,9?/m0/s1. The molecule has 0 bridgehead atoms. The molecule has 0 radical (unpaired) electrons. The zero-order valence-corrected chi connectivity index (χ0v) is 8.69. The molecule has 82 valence electrons. The number of halogens is 1. The minimum Gasteiger partial charge on any atom is -0.479 e. The molecule has 15 heavy (non-hydrogen) atoms. The molecule has 0 saturated heterocycles. The first-order valence-corrected chi connectivity index (χ1v) is 4.79. The summed E-state index contributed by atoms with van der Waals surface area (Å²) in [6.07, 6.45) is -1.24. The van der Waals surface area contributed by atoms with E-state index < -0.39 is 18.1 Å². The van der Waals surface area contributed by atoms with Gasteiger partial charge in [-0.05, 0) is 24.1 Å². The van der Waals surface area contributed by atoms with Crippen LogP contribution in [0.25, 0.3) is 0 Å². The smallest absolute Gasteiger partial charge is 0.334 e. The summed E-state index contributed by atoms with van der Waals surface area (Å²) in [6.45, 7) is 0. The third-order valence-corrected chi connectivity index (χ3v) is 2.30. The van der Waals surface area contributed by atoms with Gasteiger partial charge >= 0.3 is 5.97 Å². The number of hydrogen-bond donors (Lipinski definition) is 3. The van der Waals surface area contributed by atoms with Crippen LogP contribution in [0.1, 0.15) is 5.56 Å². The highest BCUT2D eigenvalue weighted by atomic mass is 35.5. The molecule has 0 aliphatic carbocycles. The van der Waals surface area contributed by atoms with Crippen molar-refractivity contribution in [1.29, 1.82) is 0 Å². The van der Waals surface area contributed by atoms with E-state index in [4.69, 9.17) is 27.5 Å². The van der Waals surface area contributed by atoms with Gasteiger partial charge in [0, 0.05) is 11.1 Å². The monoisotopic (exact) mass is 229 g/mol. The fourth-order valence-corrected chi connectivity index (χ4v) is 1.31. The van der Waals surface area contributed by atoms with Gasteiger partial charge in [-0.1, -0.05) is 23.7 Å². The van der Waals surface area contributed by atoms with Crippen LogP contribution in [0.3, 0.4) is 0 Å². The Labute approximate surface area is 92.3 Å². The zero-order valence-electron chi connectivity index (χ0n) is 7.93. The van der Waals surface area contributed by atoms with Crippen LogP contribution < -0.4 is 5.73 Å². The van der Waals surface area contributed by atoms with Crippen LogP contribution in [0.2, 0.25) is 5.02 Å². The number of benzene rings is 1. The largest absolute Gasteiger partial charge is 0.479 e. The Kier molecular flexibility index (Phi) is 4.08. The van der Waals surface area contributed by atoms with Gasteiger partial charge in [-0.2, -0.15) is 0 Å². The molecule has 4 N–H and O–H groups in total. The van der Waals surface area contributed by atoms with E-state index in [-0.39, 0.29) is 0 Å². The predicted molar refractivity (Wildman–Crippen MR) is 56.8 cm³/mol. The highest BCUT2D eigenvalue weighted by Gasteiger charge is 2.21. The number of carboxylic acids is 1. The molecule has 1 rings (SSSR count). The van der Waals surface area contributed by atoms with Gasteiger partial charge in [-0.25, -0.2) is 4.79 Å². The average Bonchev–Trinajstić information content (AvgIpc) is 2.20. The maximum Gasteiger partial charge on any atom is 0.334 e. The minimum atomic E-state index is -1.54. The molecular weight excluding hydrogens is 218 g/mol. The van der Waals surface area contributed by atoms with Crippen molar-refractivity contribution in [3.8, 4) is 0 Å². The van der Waals surface area contributed by atoms with Crippen molar-refractivity contribution in [2.45, 2.75) is 18.6 Å². The highest BCUT2D eigenvalue weighted by molar-refractivity contribution is 6.30. The Balaban J connectivity index is 2.62. The summed E-state index contributed by atoms with van der Waals surface area (Å²) in [5.41, 5.74) is 6.36. The van der Waals surface area contributed by atoms with Crippen LogP contribution >= 0.6 is 11.6 Å². The van der Waals surface area contributed by atoms with E-state index >= 15 is 0 Å². The topological polar surface area (TPSA) is 83.5 Å². The normalized spacial score (nSPS) is 14.6. The van der Waals surface area contributed by atoms with E-state index in [1.807, 2.05) is 0 Å². The van der Waals surface area contributed by atoms with Crippen molar-refractivity contribution in [3.05, 3.63) is 34.9 Å². The van der Waals surface area contributed by atoms with Gasteiger partial charge < -0.3 is 15.9 Å². The van der Waals surface area contributed by atoms with Crippen LogP contribution in [0.4, 0.5) is 0 Å². The molecule has 0 fully saturated rings. The second-order valence-electron chi connectivity index (χ2n) is 3.28. The molecule has 0 aliphatic heterocycles. The lowest BCUT2D eigenvalue weighted by Gasteiger charge is -2.14. The summed E-state index contributed by atoms with van der Waals surface area (Å²) in [4.78, 5) is 10.4. The Morgan fingerprint density at radius 2 is 1.93 bits per heavy atom.